The highest BCUT2D eigenvalue weighted by Crippen LogP contribution is 2.13. The Morgan fingerprint density at radius 2 is 1.46 bits per heavy atom. The topological polar surface area (TPSA) is 89.9 Å². The van der Waals surface area contributed by atoms with Crippen LogP contribution in [0.5, 0.6) is 5.75 Å². The summed E-state index contributed by atoms with van der Waals surface area (Å²) in [6, 6.07) is 6.31. The summed E-state index contributed by atoms with van der Waals surface area (Å²) in [6.45, 7) is 1.84. The summed E-state index contributed by atoms with van der Waals surface area (Å²) in [5.74, 6) is -2.68. The smallest absolute Gasteiger partial charge is 0.490 e. The fraction of sp³-hybridized carbons (Fsp3) is 0.467. The van der Waals surface area contributed by atoms with E-state index in [1.807, 2.05) is 5.01 Å². The van der Waals surface area contributed by atoms with E-state index in [4.69, 9.17) is 15.0 Å². The molecule has 0 radical (unpaired) electrons. The first-order valence-electron chi connectivity index (χ1n) is 7.35. The Morgan fingerprint density at radius 1 is 1.00 bits per heavy atom. The summed E-state index contributed by atoms with van der Waals surface area (Å²) in [6.07, 6.45) is -0.330. The largest absolute Gasteiger partial charge is 0.508 e. The van der Waals surface area contributed by atoms with Gasteiger partial charge in [0.2, 0.25) is 0 Å². The van der Waals surface area contributed by atoms with Gasteiger partial charge in [0.15, 0.2) is 0 Å². The highest BCUT2D eigenvalue weighted by atomic mass is 19.4. The Bertz CT molecular complexity index is 539. The Hall–Kier alpha value is -2.29. The number of phenolic OH excluding ortho intramolecular Hbond substituents is 1. The Kier molecular flexibility index (Phi) is 7.50. The van der Waals surface area contributed by atoms with Crippen LogP contribution in [0.2, 0.25) is 0 Å². The van der Waals surface area contributed by atoms with E-state index in [1.54, 1.807) is 12.1 Å². The quantitative estimate of drug-likeness (QED) is 0.764. The molecule has 1 fully saturated rings. The van der Waals surface area contributed by atoms with E-state index in [-0.39, 0.29) is 11.7 Å². The van der Waals surface area contributed by atoms with E-state index in [0.29, 0.717) is 5.56 Å². The van der Waals surface area contributed by atoms with Gasteiger partial charge in [0.05, 0.1) is 0 Å². The monoisotopic (exact) mass is 348 g/mol. The summed E-state index contributed by atoms with van der Waals surface area (Å²) in [5, 5.41) is 18.3. The number of benzene rings is 1. The summed E-state index contributed by atoms with van der Waals surface area (Å²) >= 11 is 0. The van der Waals surface area contributed by atoms with Gasteiger partial charge in [-0.2, -0.15) is 13.2 Å². The van der Waals surface area contributed by atoms with Crippen LogP contribution < -0.4 is 5.43 Å². The van der Waals surface area contributed by atoms with Crippen LogP contribution in [-0.4, -0.2) is 46.4 Å². The van der Waals surface area contributed by atoms with Gasteiger partial charge in [-0.1, -0.05) is 12.8 Å². The van der Waals surface area contributed by atoms with Crippen LogP contribution in [0.25, 0.3) is 0 Å². The highest BCUT2D eigenvalue weighted by Gasteiger charge is 2.38. The van der Waals surface area contributed by atoms with Gasteiger partial charge in [0, 0.05) is 18.7 Å². The number of rotatable bonds is 2. The number of aromatic hydroxyl groups is 1. The normalized spacial score (nSPS) is 15.6. The molecule has 2 rings (SSSR count). The van der Waals surface area contributed by atoms with Crippen molar-refractivity contribution in [3.05, 3.63) is 29.8 Å². The highest BCUT2D eigenvalue weighted by molar-refractivity contribution is 5.93. The molecule has 1 aliphatic heterocycles. The standard InChI is InChI=1S/C13H18N2O2.C2HF3O2/c16-12-7-5-11(6-8-12)13(17)14-15-9-3-1-2-4-10-15;3-2(4,5)1(6)7/h5-8,16H,1-4,9-10H2,(H,14,17);(H,6,7). The lowest BCUT2D eigenvalue weighted by Gasteiger charge is -2.20. The number of hydrogen-bond donors (Lipinski definition) is 3. The molecular weight excluding hydrogens is 329 g/mol. The van der Waals surface area contributed by atoms with Gasteiger partial charge in [0.1, 0.15) is 5.75 Å². The fourth-order valence-corrected chi connectivity index (χ4v) is 2.00. The molecule has 1 saturated heterocycles. The minimum atomic E-state index is -5.08. The maximum atomic E-state index is 11.9. The number of carboxylic acid groups (broad SMARTS) is 1. The number of carbonyl (C=O) groups is 2. The van der Waals surface area contributed by atoms with Crippen molar-refractivity contribution in [2.75, 3.05) is 13.1 Å². The molecule has 134 valence electrons. The van der Waals surface area contributed by atoms with Crippen LogP contribution in [0.4, 0.5) is 13.2 Å². The number of alkyl halides is 3. The third-order valence-electron chi connectivity index (χ3n) is 3.24. The van der Waals surface area contributed by atoms with E-state index >= 15 is 0 Å². The van der Waals surface area contributed by atoms with Crippen molar-refractivity contribution < 1.29 is 33.0 Å². The number of hydrogen-bond acceptors (Lipinski definition) is 4. The maximum absolute atomic E-state index is 11.9. The predicted octanol–water partition coefficient (Wildman–Crippen LogP) is 2.55. The lowest BCUT2D eigenvalue weighted by molar-refractivity contribution is -0.192. The Balaban J connectivity index is 0.000000351. The number of amides is 1. The summed E-state index contributed by atoms with van der Waals surface area (Å²) < 4.78 is 31.7. The Labute approximate surface area is 136 Å². The second kappa shape index (κ2) is 9.11. The van der Waals surface area contributed by atoms with Gasteiger partial charge in [-0.25, -0.2) is 9.80 Å². The number of aliphatic carboxylic acids is 1. The molecule has 1 aliphatic rings. The molecule has 1 aromatic rings. The van der Waals surface area contributed by atoms with Crippen molar-refractivity contribution in [1.29, 1.82) is 0 Å². The average Bonchev–Trinajstić information content (AvgIpc) is 2.76. The molecule has 1 aromatic carbocycles. The van der Waals surface area contributed by atoms with Gasteiger partial charge in [0.25, 0.3) is 5.91 Å². The average molecular weight is 348 g/mol. The molecule has 0 unspecified atom stereocenters. The lowest BCUT2D eigenvalue weighted by Crippen LogP contribution is -2.42. The van der Waals surface area contributed by atoms with Crippen LogP contribution in [0.15, 0.2) is 24.3 Å². The molecule has 0 saturated carbocycles. The number of halogens is 3. The van der Waals surface area contributed by atoms with E-state index in [0.717, 1.165) is 25.9 Å². The van der Waals surface area contributed by atoms with Crippen molar-refractivity contribution in [3.8, 4) is 5.75 Å². The fourth-order valence-electron chi connectivity index (χ4n) is 2.00. The van der Waals surface area contributed by atoms with Crippen molar-refractivity contribution in [3.63, 3.8) is 0 Å². The molecular formula is C15H19F3N2O4. The molecule has 0 spiro atoms. The van der Waals surface area contributed by atoms with Crippen molar-refractivity contribution in [2.24, 2.45) is 0 Å². The first-order chi connectivity index (χ1) is 11.2. The SMILES string of the molecule is O=C(NN1CCCCCC1)c1ccc(O)cc1.O=C(O)C(F)(F)F. The maximum Gasteiger partial charge on any atom is 0.490 e. The zero-order valence-corrected chi connectivity index (χ0v) is 12.8. The molecule has 9 heteroatoms. The van der Waals surface area contributed by atoms with Gasteiger partial charge < -0.3 is 10.2 Å². The molecule has 0 bridgehead atoms. The van der Waals surface area contributed by atoms with Crippen LogP contribution >= 0.6 is 0 Å². The summed E-state index contributed by atoms with van der Waals surface area (Å²) in [4.78, 5) is 20.8. The van der Waals surface area contributed by atoms with Gasteiger partial charge in [-0.15, -0.1) is 0 Å². The molecule has 3 N–H and O–H groups in total. The number of nitrogens with one attached hydrogen (secondary N) is 1. The van der Waals surface area contributed by atoms with Crippen LogP contribution in [-0.2, 0) is 4.79 Å². The van der Waals surface area contributed by atoms with Crippen LogP contribution in [0.3, 0.4) is 0 Å². The van der Waals surface area contributed by atoms with E-state index in [1.165, 1.54) is 25.0 Å². The van der Waals surface area contributed by atoms with Crippen molar-refractivity contribution in [1.82, 2.24) is 10.4 Å². The van der Waals surface area contributed by atoms with Gasteiger partial charge in [-0.3, -0.25) is 10.2 Å². The molecule has 24 heavy (non-hydrogen) atoms. The third kappa shape index (κ3) is 7.32. The number of nitrogens with zero attached hydrogens (tertiary/aromatic N) is 1. The van der Waals surface area contributed by atoms with E-state index in [2.05, 4.69) is 5.43 Å². The molecule has 1 heterocycles. The van der Waals surface area contributed by atoms with Crippen LogP contribution in [0, 0.1) is 0 Å². The van der Waals surface area contributed by atoms with Crippen molar-refractivity contribution >= 4 is 11.9 Å². The first kappa shape index (κ1) is 19.8. The second-order valence-corrected chi connectivity index (χ2v) is 5.19. The predicted molar refractivity (Wildman–Crippen MR) is 79.3 cm³/mol. The number of phenols is 1. The molecule has 0 atom stereocenters. The molecule has 0 aliphatic carbocycles. The molecule has 1 amide bonds. The minimum Gasteiger partial charge on any atom is -0.508 e. The Morgan fingerprint density at radius 3 is 1.88 bits per heavy atom. The zero-order chi connectivity index (χ0) is 18.2. The number of carbonyl (C=O) groups excluding carboxylic acids is 1. The van der Waals surface area contributed by atoms with Gasteiger partial charge in [-0.05, 0) is 37.1 Å². The summed E-state index contributed by atoms with van der Waals surface area (Å²) in [5.41, 5.74) is 3.48. The number of carboxylic acids is 1. The zero-order valence-electron chi connectivity index (χ0n) is 12.8. The van der Waals surface area contributed by atoms with Gasteiger partial charge >= 0.3 is 12.1 Å². The molecule has 0 aromatic heterocycles. The number of hydrazine groups is 1. The first-order valence-corrected chi connectivity index (χ1v) is 7.35. The second-order valence-electron chi connectivity index (χ2n) is 5.19. The third-order valence-corrected chi connectivity index (χ3v) is 3.24. The van der Waals surface area contributed by atoms with Crippen LogP contribution in [0.1, 0.15) is 36.0 Å². The van der Waals surface area contributed by atoms with E-state index < -0.39 is 12.1 Å². The molecule has 6 nitrogen and oxygen atoms in total. The van der Waals surface area contributed by atoms with E-state index in [9.17, 15) is 18.0 Å². The van der Waals surface area contributed by atoms with Crippen molar-refractivity contribution in [2.45, 2.75) is 31.9 Å². The lowest BCUT2D eigenvalue weighted by atomic mass is 10.2. The minimum absolute atomic E-state index is 0.105. The summed E-state index contributed by atoms with van der Waals surface area (Å²) in [7, 11) is 0.